The molecule has 0 saturated carbocycles. The van der Waals surface area contributed by atoms with Crippen molar-refractivity contribution in [1.29, 1.82) is 0 Å². The molecule has 0 saturated heterocycles. The highest BCUT2D eigenvalue weighted by atomic mass is 15.3. The van der Waals surface area contributed by atoms with Crippen LogP contribution in [0.3, 0.4) is 0 Å². The second kappa shape index (κ2) is 4.34. The molecule has 88 valence electrons. The molecule has 0 atom stereocenters. The van der Waals surface area contributed by atoms with Crippen molar-refractivity contribution in [2.45, 2.75) is 32.2 Å². The van der Waals surface area contributed by atoms with E-state index in [4.69, 9.17) is 5.73 Å². The minimum absolute atomic E-state index is 0.0489. The Labute approximate surface area is 97.6 Å². The van der Waals surface area contributed by atoms with Crippen LogP contribution in [0.1, 0.15) is 26.7 Å². The summed E-state index contributed by atoms with van der Waals surface area (Å²) in [5.41, 5.74) is 8.49. The lowest BCUT2D eigenvalue weighted by atomic mass is 10.00. The summed E-state index contributed by atoms with van der Waals surface area (Å²) in [6, 6.07) is 8.45. The van der Waals surface area contributed by atoms with E-state index in [1.807, 2.05) is 0 Å². The van der Waals surface area contributed by atoms with Gasteiger partial charge in [0, 0.05) is 12.1 Å². The van der Waals surface area contributed by atoms with Gasteiger partial charge in [-0.15, -0.1) is 0 Å². The first-order valence-electron chi connectivity index (χ1n) is 5.93. The molecule has 1 aliphatic rings. The van der Waals surface area contributed by atoms with Crippen LogP contribution in [0.5, 0.6) is 0 Å². The Morgan fingerprint density at radius 3 is 2.88 bits per heavy atom. The lowest BCUT2D eigenvalue weighted by Crippen LogP contribution is -2.33. The molecule has 0 spiro atoms. The highest BCUT2D eigenvalue weighted by Gasteiger charge is 2.18. The van der Waals surface area contributed by atoms with Crippen molar-refractivity contribution in [2.24, 2.45) is 5.73 Å². The topological polar surface area (TPSA) is 41.3 Å². The van der Waals surface area contributed by atoms with Gasteiger partial charge in [-0.05, 0) is 38.8 Å². The number of anilines is 2. The van der Waals surface area contributed by atoms with Crippen LogP contribution in [0.4, 0.5) is 11.4 Å². The molecule has 3 N–H and O–H groups in total. The maximum Gasteiger partial charge on any atom is 0.0877 e. The highest BCUT2D eigenvalue weighted by Crippen LogP contribution is 2.30. The molecule has 16 heavy (non-hydrogen) atoms. The first-order valence-corrected chi connectivity index (χ1v) is 5.93. The van der Waals surface area contributed by atoms with Crippen LogP contribution in [0, 0.1) is 0 Å². The lowest BCUT2D eigenvalue weighted by Gasteiger charge is -2.22. The minimum Gasteiger partial charge on any atom is -0.366 e. The molecule has 0 aliphatic carbocycles. The van der Waals surface area contributed by atoms with Crippen molar-refractivity contribution in [3.05, 3.63) is 24.3 Å². The summed E-state index contributed by atoms with van der Waals surface area (Å²) in [7, 11) is 0. The number of hydrogen-bond acceptors (Lipinski definition) is 3. The Balaban J connectivity index is 1.89. The molecule has 0 bridgehead atoms. The molecule has 0 aromatic heterocycles. The number of nitrogens with one attached hydrogen (secondary N) is 1. The summed E-state index contributed by atoms with van der Waals surface area (Å²) < 4.78 is 0. The van der Waals surface area contributed by atoms with Gasteiger partial charge in [-0.1, -0.05) is 12.1 Å². The SMILES string of the molecule is CC(C)(N)CCCN1CNc2ccccc21. The third kappa shape index (κ3) is 2.67. The van der Waals surface area contributed by atoms with Gasteiger partial charge in [0.2, 0.25) is 0 Å². The van der Waals surface area contributed by atoms with Crippen LogP contribution in [0.15, 0.2) is 24.3 Å². The molecule has 0 unspecified atom stereocenters. The smallest absolute Gasteiger partial charge is 0.0877 e. The van der Waals surface area contributed by atoms with Crippen molar-refractivity contribution in [3.8, 4) is 0 Å². The van der Waals surface area contributed by atoms with Crippen molar-refractivity contribution >= 4 is 11.4 Å². The Kier molecular flexibility index (Phi) is 3.06. The van der Waals surface area contributed by atoms with E-state index in [1.165, 1.54) is 11.4 Å². The fourth-order valence-corrected chi connectivity index (χ4v) is 2.09. The number of rotatable bonds is 4. The van der Waals surface area contributed by atoms with Crippen LogP contribution in [0.2, 0.25) is 0 Å². The third-order valence-corrected chi connectivity index (χ3v) is 2.95. The quantitative estimate of drug-likeness (QED) is 0.817. The zero-order chi connectivity index (χ0) is 11.6. The molecule has 0 amide bonds. The van der Waals surface area contributed by atoms with Crippen molar-refractivity contribution < 1.29 is 0 Å². The maximum atomic E-state index is 5.98. The zero-order valence-electron chi connectivity index (χ0n) is 10.2. The van der Waals surface area contributed by atoms with E-state index in [0.717, 1.165) is 26.1 Å². The number of nitrogens with two attached hydrogens (primary N) is 1. The summed E-state index contributed by atoms with van der Waals surface area (Å²) in [5, 5.41) is 3.39. The molecule has 3 heteroatoms. The number of benzene rings is 1. The van der Waals surface area contributed by atoms with E-state index in [2.05, 4.69) is 48.3 Å². The second-order valence-electron chi connectivity index (χ2n) is 5.21. The van der Waals surface area contributed by atoms with Gasteiger partial charge in [0.15, 0.2) is 0 Å². The van der Waals surface area contributed by atoms with Gasteiger partial charge in [0.05, 0.1) is 18.0 Å². The molecule has 1 aromatic carbocycles. The van der Waals surface area contributed by atoms with Crippen LogP contribution in [-0.4, -0.2) is 18.8 Å². The monoisotopic (exact) mass is 219 g/mol. The van der Waals surface area contributed by atoms with Crippen molar-refractivity contribution in [3.63, 3.8) is 0 Å². The summed E-state index contributed by atoms with van der Waals surface area (Å²) in [6.07, 6.45) is 2.20. The fourth-order valence-electron chi connectivity index (χ4n) is 2.09. The van der Waals surface area contributed by atoms with E-state index in [1.54, 1.807) is 0 Å². The first-order chi connectivity index (χ1) is 7.56. The standard InChI is InChI=1S/C13H21N3/c1-13(2,14)8-5-9-16-10-15-11-6-3-4-7-12(11)16/h3-4,6-7,15H,5,8-10,14H2,1-2H3. The maximum absolute atomic E-state index is 5.98. The van der Waals surface area contributed by atoms with Gasteiger partial charge in [-0.2, -0.15) is 0 Å². The first kappa shape index (κ1) is 11.3. The summed E-state index contributed by atoms with van der Waals surface area (Å²) in [6.45, 7) is 6.17. The molecular weight excluding hydrogens is 198 g/mol. The van der Waals surface area contributed by atoms with E-state index >= 15 is 0 Å². The Hall–Kier alpha value is -1.22. The van der Waals surface area contributed by atoms with Crippen LogP contribution in [0.25, 0.3) is 0 Å². The normalized spacial score (nSPS) is 14.8. The third-order valence-electron chi connectivity index (χ3n) is 2.95. The van der Waals surface area contributed by atoms with Crippen molar-refractivity contribution in [2.75, 3.05) is 23.4 Å². The fraction of sp³-hybridized carbons (Fsp3) is 0.538. The van der Waals surface area contributed by atoms with Gasteiger partial charge in [-0.3, -0.25) is 0 Å². The van der Waals surface area contributed by atoms with Crippen molar-refractivity contribution in [1.82, 2.24) is 0 Å². The van der Waals surface area contributed by atoms with Gasteiger partial charge < -0.3 is 16.0 Å². The lowest BCUT2D eigenvalue weighted by molar-refractivity contribution is 0.459. The van der Waals surface area contributed by atoms with Crippen LogP contribution in [-0.2, 0) is 0 Å². The average molecular weight is 219 g/mol. The van der Waals surface area contributed by atoms with E-state index in [9.17, 15) is 0 Å². The van der Waals surface area contributed by atoms with Gasteiger partial charge >= 0.3 is 0 Å². The summed E-state index contributed by atoms with van der Waals surface area (Å²) in [4.78, 5) is 2.38. The van der Waals surface area contributed by atoms with E-state index in [-0.39, 0.29) is 5.54 Å². The van der Waals surface area contributed by atoms with Gasteiger partial charge in [0.1, 0.15) is 0 Å². The Bertz CT molecular complexity index is 354. The zero-order valence-corrected chi connectivity index (χ0v) is 10.2. The predicted molar refractivity (Wildman–Crippen MR) is 69.8 cm³/mol. The number of hydrogen-bond donors (Lipinski definition) is 2. The molecule has 1 heterocycles. The Morgan fingerprint density at radius 2 is 2.12 bits per heavy atom. The predicted octanol–water partition coefficient (Wildman–Crippen LogP) is 2.39. The van der Waals surface area contributed by atoms with Gasteiger partial charge in [0.25, 0.3) is 0 Å². The van der Waals surface area contributed by atoms with E-state index < -0.39 is 0 Å². The molecule has 2 rings (SSSR count). The number of fused-ring (bicyclic) bond motifs is 1. The number of nitrogens with zero attached hydrogens (tertiary/aromatic N) is 1. The molecular formula is C13H21N3. The Morgan fingerprint density at radius 1 is 1.38 bits per heavy atom. The van der Waals surface area contributed by atoms with Crippen LogP contribution >= 0.6 is 0 Å². The number of para-hydroxylation sites is 2. The summed E-state index contributed by atoms with van der Waals surface area (Å²) >= 11 is 0. The second-order valence-corrected chi connectivity index (χ2v) is 5.21. The molecule has 1 aliphatic heterocycles. The van der Waals surface area contributed by atoms with Crippen LogP contribution < -0.4 is 16.0 Å². The summed E-state index contributed by atoms with van der Waals surface area (Å²) in [5.74, 6) is 0. The van der Waals surface area contributed by atoms with Gasteiger partial charge in [-0.25, -0.2) is 0 Å². The molecule has 1 aromatic rings. The molecule has 3 nitrogen and oxygen atoms in total. The average Bonchev–Trinajstić information content (AvgIpc) is 2.60. The minimum atomic E-state index is -0.0489. The van der Waals surface area contributed by atoms with E-state index in [0.29, 0.717) is 0 Å². The largest absolute Gasteiger partial charge is 0.366 e. The molecule has 0 fully saturated rings. The molecule has 0 radical (unpaired) electrons. The highest BCUT2D eigenvalue weighted by molar-refractivity contribution is 5.74.